The average molecular weight is 514 g/mol. The molecule has 1 nitrogen and oxygen atoms in total. The second-order valence-electron chi connectivity index (χ2n) is 8.46. The first kappa shape index (κ1) is 25.0. The number of hydrogen-bond donors (Lipinski definition) is 0. The minimum atomic E-state index is -1.63. The summed E-state index contributed by atoms with van der Waals surface area (Å²) in [7, 11) is -2.92. The van der Waals surface area contributed by atoms with Crippen LogP contribution in [0, 0.1) is 0 Å². The van der Waals surface area contributed by atoms with Crippen LogP contribution in [-0.4, -0.2) is 16.4 Å². The Morgan fingerprint density at radius 2 is 1.89 bits per heavy atom. The molecule has 0 saturated carbocycles. The third-order valence-electron chi connectivity index (χ3n) is 5.36. The first-order chi connectivity index (χ1) is 11.3. The molecule has 0 saturated heterocycles. The molecule has 2 aromatic rings. The van der Waals surface area contributed by atoms with Crippen LogP contribution in [0.15, 0.2) is 36.4 Å². The molecule has 143 valence electrons. The summed E-state index contributed by atoms with van der Waals surface area (Å²) in [6.07, 6.45) is 9.07. The molecule has 1 heterocycles. The number of rotatable bonds is 5. The number of hydrogen-bond acceptors (Lipinski definition) is 1. The van der Waals surface area contributed by atoms with E-state index >= 15 is 0 Å². The molecule has 0 fully saturated rings. The van der Waals surface area contributed by atoms with E-state index in [1.807, 2.05) is 0 Å². The van der Waals surface area contributed by atoms with Gasteiger partial charge in [0.1, 0.15) is 0 Å². The fraction of sp³-hybridized carbons (Fsp3) is 0.381. The Labute approximate surface area is 197 Å². The zero-order valence-corrected chi connectivity index (χ0v) is 22.7. The van der Waals surface area contributed by atoms with Gasteiger partial charge in [-0.05, 0) is 37.2 Å². The average Bonchev–Trinajstić information content (AvgIpc) is 2.94. The molecule has 0 N–H and O–H groups in total. The summed E-state index contributed by atoms with van der Waals surface area (Å²) in [5.74, 6) is 1.12. The van der Waals surface area contributed by atoms with Gasteiger partial charge in [-0.15, -0.1) is 22.9 Å². The van der Waals surface area contributed by atoms with Crippen LogP contribution in [0.25, 0.3) is 16.3 Å². The van der Waals surface area contributed by atoms with Crippen molar-refractivity contribution in [1.82, 2.24) is 0 Å². The molecule has 1 atom stereocenters. The predicted molar refractivity (Wildman–Crippen MR) is 111 cm³/mol. The van der Waals surface area contributed by atoms with Gasteiger partial charge in [0.05, 0.1) is 5.75 Å². The minimum Gasteiger partial charge on any atom is -1.00 e. The van der Waals surface area contributed by atoms with Crippen LogP contribution < -0.4 is 39.6 Å². The summed E-state index contributed by atoms with van der Waals surface area (Å²) in [5.41, 5.74) is 2.83. The molecule has 0 bridgehead atoms. The van der Waals surface area contributed by atoms with Crippen LogP contribution in [0.5, 0.6) is 5.75 Å². The monoisotopic (exact) mass is 511 g/mol. The van der Waals surface area contributed by atoms with Gasteiger partial charge in [-0.1, -0.05) is 50.2 Å². The topological polar surface area (TPSA) is 9.23 Å². The summed E-state index contributed by atoms with van der Waals surface area (Å²) >= 11 is 0. The van der Waals surface area contributed by atoms with Gasteiger partial charge in [-0.25, -0.2) is 0 Å². The van der Waals surface area contributed by atoms with Crippen LogP contribution in [0.3, 0.4) is 0 Å². The number of allylic oxidation sites excluding steroid dienone is 4. The van der Waals surface area contributed by atoms with Crippen molar-refractivity contribution < 1.29 is 55.4 Å². The van der Waals surface area contributed by atoms with Crippen molar-refractivity contribution in [2.45, 2.75) is 52.0 Å². The molecule has 0 aromatic heterocycles. The van der Waals surface area contributed by atoms with Crippen molar-refractivity contribution in [3.63, 3.8) is 0 Å². The van der Waals surface area contributed by atoms with Crippen molar-refractivity contribution in [3.8, 4) is 5.75 Å². The van der Waals surface area contributed by atoms with Crippen molar-refractivity contribution >= 4 is 43.1 Å². The molecule has 1 radical (unpaired) electrons. The largest absolute Gasteiger partial charge is 3.00 e. The van der Waals surface area contributed by atoms with E-state index in [1.54, 1.807) is 10.4 Å². The Morgan fingerprint density at radius 1 is 1.19 bits per heavy atom. The molecule has 6 heteroatoms. The number of halogens is 2. The molecular weight excluding hydrogens is 487 g/mol. The summed E-state index contributed by atoms with van der Waals surface area (Å²) in [4.78, 5) is 0. The number of benzene rings is 1. The molecule has 1 aliphatic carbocycles. The van der Waals surface area contributed by atoms with Gasteiger partial charge in [0, 0.05) is 8.07 Å². The van der Waals surface area contributed by atoms with Crippen molar-refractivity contribution in [2.75, 3.05) is 0 Å². The van der Waals surface area contributed by atoms with Crippen LogP contribution >= 0.6 is 0 Å². The third-order valence-corrected chi connectivity index (χ3v) is 10.6. The Hall–Kier alpha value is 0.00688. The maximum Gasteiger partial charge on any atom is 3.00 e. The summed E-state index contributed by atoms with van der Waals surface area (Å²) in [6.45, 7) is 11.7. The zero-order chi connectivity index (χ0) is 17.1. The van der Waals surface area contributed by atoms with Crippen molar-refractivity contribution in [3.05, 3.63) is 42.0 Å². The molecule has 27 heavy (non-hydrogen) atoms. The van der Waals surface area contributed by atoms with E-state index in [-0.39, 0.29) is 51.0 Å². The second kappa shape index (κ2) is 8.79. The zero-order valence-electron chi connectivity index (χ0n) is 16.7. The summed E-state index contributed by atoms with van der Waals surface area (Å²) in [5, 5.41) is 6.38. The fourth-order valence-corrected chi connectivity index (χ4v) is 9.71. The van der Waals surface area contributed by atoms with E-state index in [2.05, 4.69) is 69.5 Å². The number of fused-ring (bicyclic) bond motifs is 3. The molecule has 0 spiro atoms. The quantitative estimate of drug-likeness (QED) is 0.370. The maximum atomic E-state index is 6.51. The normalized spacial score (nSPS) is 19.5. The smallest absolute Gasteiger partial charge is 1.00 e. The predicted octanol–water partition coefficient (Wildman–Crippen LogP) is -0.963. The van der Waals surface area contributed by atoms with Crippen molar-refractivity contribution in [2.24, 2.45) is 0 Å². The Balaban J connectivity index is 0.00000121. The van der Waals surface area contributed by atoms with Gasteiger partial charge < -0.3 is 29.2 Å². The Kier molecular flexibility index (Phi) is 8.16. The van der Waals surface area contributed by atoms with E-state index in [1.165, 1.54) is 34.4 Å². The van der Waals surface area contributed by atoms with Crippen LogP contribution in [0.4, 0.5) is 0 Å². The molecule has 1 unspecified atom stereocenters. The van der Waals surface area contributed by atoms with E-state index < -0.39 is 16.4 Å². The molecular formula is C21H27Cl2OSi2Zr. The first-order valence-electron chi connectivity index (χ1n) is 9.17. The van der Waals surface area contributed by atoms with Crippen LogP contribution in [0.2, 0.25) is 32.2 Å². The molecule has 0 amide bonds. The van der Waals surface area contributed by atoms with Crippen LogP contribution in [0.1, 0.15) is 25.3 Å². The fourth-order valence-electron chi connectivity index (χ4n) is 4.35. The van der Waals surface area contributed by atoms with Crippen molar-refractivity contribution in [1.29, 1.82) is 0 Å². The van der Waals surface area contributed by atoms with E-state index in [4.69, 9.17) is 4.43 Å². The molecule has 2 aliphatic rings. The third kappa shape index (κ3) is 4.30. The van der Waals surface area contributed by atoms with Gasteiger partial charge in [0.25, 0.3) is 0 Å². The summed E-state index contributed by atoms with van der Waals surface area (Å²) in [6, 6.07) is 8.37. The first-order valence-corrected chi connectivity index (χ1v) is 15.3. The van der Waals surface area contributed by atoms with Gasteiger partial charge in [0.15, 0.2) is 0 Å². The maximum absolute atomic E-state index is 6.51. The molecule has 1 aliphatic heterocycles. The van der Waals surface area contributed by atoms with Crippen LogP contribution in [-0.2, 0) is 26.2 Å². The van der Waals surface area contributed by atoms with Gasteiger partial charge in [0.2, 0.25) is 8.32 Å². The standard InChI is InChI=1S/C21H27OSi2.2ClH.Zr/c1-6-13-24(5)18-14-16-11-12-17(22-23(2,3)4)19(20(16)21(18)24)15-9-7-8-10-15;;;/h7-9,11-12,14H,6,10,13H2,1-5H3;2*1H;/q-1;;;+3/p-2. The SMILES string of the molecule is CCC[Si]1(C)c2[cH-]c3ccc(O[Si](C)(C)C)c(C4=CC=CC4)c3c21.[Cl-].[Cl-].[Zr+3]. The summed E-state index contributed by atoms with van der Waals surface area (Å²) < 4.78 is 6.51. The van der Waals surface area contributed by atoms with Gasteiger partial charge >= 0.3 is 26.2 Å². The van der Waals surface area contributed by atoms with Gasteiger partial charge in [-0.2, -0.15) is 10.4 Å². The Bertz CT molecular complexity index is 896. The Morgan fingerprint density at radius 3 is 2.44 bits per heavy atom. The molecule has 2 aromatic carbocycles. The van der Waals surface area contributed by atoms with E-state index in [0.717, 1.165) is 12.2 Å². The second-order valence-corrected chi connectivity index (χ2v) is 17.1. The van der Waals surface area contributed by atoms with E-state index in [9.17, 15) is 0 Å². The van der Waals surface area contributed by atoms with E-state index in [0.29, 0.717) is 0 Å². The van der Waals surface area contributed by atoms with Gasteiger partial charge in [-0.3, -0.25) is 0 Å². The molecule has 4 rings (SSSR count). The minimum absolute atomic E-state index is 0.